The van der Waals surface area contributed by atoms with Crippen LogP contribution < -0.4 is 0 Å². The zero-order valence-electron chi connectivity index (χ0n) is 8.29. The molecule has 1 heterocycles. The third kappa shape index (κ3) is 2.18. The van der Waals surface area contributed by atoms with Crippen LogP contribution in [-0.4, -0.2) is 42.8 Å². The molecule has 0 N–H and O–H groups in total. The molecule has 1 aliphatic rings. The van der Waals surface area contributed by atoms with Gasteiger partial charge in [0.15, 0.2) is 0 Å². The molecule has 2 atom stereocenters. The van der Waals surface area contributed by atoms with Crippen LogP contribution in [0.25, 0.3) is 0 Å². The Morgan fingerprint density at radius 2 is 2.23 bits per heavy atom. The SMILES string of the molecule is COC(=O)[C@@H]1C[C@@H](F)CN1C(C)C. The standard InChI is InChI=1S/C9H16FNO2/c1-6(2)11-5-7(10)4-8(11)9(12)13-3/h6-8H,4-5H2,1-3H3/t7-,8+/m1/s1. The summed E-state index contributed by atoms with van der Waals surface area (Å²) in [4.78, 5) is 13.1. The van der Waals surface area contributed by atoms with E-state index in [9.17, 15) is 9.18 Å². The summed E-state index contributed by atoms with van der Waals surface area (Å²) in [5.41, 5.74) is 0. The first-order valence-electron chi connectivity index (χ1n) is 4.54. The van der Waals surface area contributed by atoms with Crippen molar-refractivity contribution >= 4 is 5.97 Å². The minimum absolute atomic E-state index is 0.185. The molecule has 1 rings (SSSR count). The van der Waals surface area contributed by atoms with Crippen LogP contribution in [0.5, 0.6) is 0 Å². The molecule has 0 aromatic rings. The van der Waals surface area contributed by atoms with Crippen molar-refractivity contribution in [3.8, 4) is 0 Å². The fraction of sp³-hybridized carbons (Fsp3) is 0.889. The van der Waals surface area contributed by atoms with Crippen molar-refractivity contribution in [2.75, 3.05) is 13.7 Å². The van der Waals surface area contributed by atoms with E-state index in [1.165, 1.54) is 7.11 Å². The summed E-state index contributed by atoms with van der Waals surface area (Å²) in [5, 5.41) is 0. The fourth-order valence-electron chi connectivity index (χ4n) is 1.75. The van der Waals surface area contributed by atoms with Crippen LogP contribution in [0.4, 0.5) is 4.39 Å². The molecule has 0 saturated carbocycles. The van der Waals surface area contributed by atoms with E-state index in [0.717, 1.165) is 0 Å². The Bertz CT molecular complexity index is 196. The summed E-state index contributed by atoms with van der Waals surface area (Å²) in [7, 11) is 1.34. The zero-order chi connectivity index (χ0) is 10.0. The number of methoxy groups -OCH3 is 1. The second-order valence-corrected chi connectivity index (χ2v) is 3.66. The van der Waals surface area contributed by atoms with Crippen molar-refractivity contribution in [3.63, 3.8) is 0 Å². The highest BCUT2D eigenvalue weighted by Crippen LogP contribution is 2.23. The third-order valence-corrected chi connectivity index (χ3v) is 2.42. The molecule has 0 aromatic heterocycles. The number of ether oxygens (including phenoxy) is 1. The van der Waals surface area contributed by atoms with Crippen molar-refractivity contribution in [3.05, 3.63) is 0 Å². The van der Waals surface area contributed by atoms with Gasteiger partial charge in [0.25, 0.3) is 0 Å². The summed E-state index contributed by atoms with van der Waals surface area (Å²) in [6, 6.07) is -0.204. The van der Waals surface area contributed by atoms with Crippen molar-refractivity contribution in [2.45, 2.75) is 38.5 Å². The number of alkyl halides is 1. The van der Waals surface area contributed by atoms with Crippen LogP contribution in [0.3, 0.4) is 0 Å². The molecule has 0 aromatic carbocycles. The Labute approximate surface area is 77.9 Å². The van der Waals surface area contributed by atoms with E-state index in [1.807, 2.05) is 18.7 Å². The van der Waals surface area contributed by atoms with Gasteiger partial charge in [-0.15, -0.1) is 0 Å². The summed E-state index contributed by atoms with van der Waals surface area (Å²) >= 11 is 0. The lowest BCUT2D eigenvalue weighted by atomic mass is 10.2. The minimum atomic E-state index is -0.897. The summed E-state index contributed by atoms with van der Waals surface area (Å²) in [5.74, 6) is -0.325. The van der Waals surface area contributed by atoms with Gasteiger partial charge in [-0.3, -0.25) is 9.69 Å². The molecule has 0 radical (unpaired) electrons. The number of hydrogen-bond acceptors (Lipinski definition) is 3. The predicted octanol–water partition coefficient (Wildman–Crippen LogP) is 0.980. The van der Waals surface area contributed by atoms with Crippen LogP contribution in [0.2, 0.25) is 0 Å². The molecule has 0 amide bonds. The van der Waals surface area contributed by atoms with Gasteiger partial charge in [-0.2, -0.15) is 0 Å². The van der Waals surface area contributed by atoms with E-state index in [2.05, 4.69) is 4.74 Å². The first kappa shape index (κ1) is 10.4. The van der Waals surface area contributed by atoms with Gasteiger partial charge in [-0.25, -0.2) is 4.39 Å². The Morgan fingerprint density at radius 3 is 2.69 bits per heavy atom. The van der Waals surface area contributed by atoms with Crippen LogP contribution in [0.1, 0.15) is 20.3 Å². The van der Waals surface area contributed by atoms with Crippen LogP contribution in [-0.2, 0) is 9.53 Å². The number of carbonyl (C=O) groups is 1. The Kier molecular flexibility index (Phi) is 3.25. The van der Waals surface area contributed by atoms with Crippen molar-refractivity contribution in [1.29, 1.82) is 0 Å². The van der Waals surface area contributed by atoms with Gasteiger partial charge in [0.05, 0.1) is 7.11 Å². The molecule has 76 valence electrons. The summed E-state index contributed by atoms with van der Waals surface area (Å²) in [6.07, 6.45) is -0.628. The average molecular weight is 189 g/mol. The minimum Gasteiger partial charge on any atom is -0.468 e. The van der Waals surface area contributed by atoms with Gasteiger partial charge in [0.1, 0.15) is 12.2 Å². The first-order chi connectivity index (χ1) is 6.06. The predicted molar refractivity (Wildman–Crippen MR) is 47.2 cm³/mol. The molecule has 4 heteroatoms. The topological polar surface area (TPSA) is 29.5 Å². The number of hydrogen-bond donors (Lipinski definition) is 0. The number of rotatable bonds is 2. The lowest BCUT2D eigenvalue weighted by Crippen LogP contribution is -2.41. The lowest BCUT2D eigenvalue weighted by molar-refractivity contribution is -0.146. The first-order valence-corrected chi connectivity index (χ1v) is 4.54. The highest BCUT2D eigenvalue weighted by molar-refractivity contribution is 5.76. The Morgan fingerprint density at radius 1 is 1.62 bits per heavy atom. The highest BCUT2D eigenvalue weighted by Gasteiger charge is 2.38. The number of esters is 1. The molecule has 0 bridgehead atoms. The molecule has 1 aliphatic heterocycles. The van der Waals surface area contributed by atoms with Gasteiger partial charge in [-0.05, 0) is 13.8 Å². The van der Waals surface area contributed by atoms with Gasteiger partial charge in [-0.1, -0.05) is 0 Å². The van der Waals surface area contributed by atoms with E-state index in [1.54, 1.807) is 0 Å². The Hall–Kier alpha value is -0.640. The monoisotopic (exact) mass is 189 g/mol. The van der Waals surface area contributed by atoms with Gasteiger partial charge in [0.2, 0.25) is 0 Å². The van der Waals surface area contributed by atoms with E-state index in [4.69, 9.17) is 0 Å². The molecule has 3 nitrogen and oxygen atoms in total. The maximum Gasteiger partial charge on any atom is 0.323 e. The molecule has 0 aliphatic carbocycles. The number of carbonyl (C=O) groups excluding carboxylic acids is 1. The smallest absolute Gasteiger partial charge is 0.323 e. The van der Waals surface area contributed by atoms with Gasteiger partial charge < -0.3 is 4.74 Å². The molecular formula is C9H16FNO2. The molecule has 1 saturated heterocycles. The van der Waals surface area contributed by atoms with E-state index in [-0.39, 0.29) is 24.5 Å². The second-order valence-electron chi connectivity index (χ2n) is 3.66. The lowest BCUT2D eigenvalue weighted by Gasteiger charge is -2.25. The van der Waals surface area contributed by atoms with Gasteiger partial charge in [0, 0.05) is 19.0 Å². The normalized spacial score (nSPS) is 29.6. The maximum atomic E-state index is 13.0. The molecular weight excluding hydrogens is 173 g/mol. The quantitative estimate of drug-likeness (QED) is 0.606. The van der Waals surface area contributed by atoms with E-state index >= 15 is 0 Å². The highest BCUT2D eigenvalue weighted by atomic mass is 19.1. The van der Waals surface area contributed by atoms with Crippen molar-refractivity contribution in [2.24, 2.45) is 0 Å². The number of nitrogens with zero attached hydrogens (tertiary/aromatic N) is 1. The van der Waals surface area contributed by atoms with Crippen molar-refractivity contribution in [1.82, 2.24) is 4.90 Å². The fourth-order valence-corrected chi connectivity index (χ4v) is 1.75. The van der Waals surface area contributed by atoms with Crippen LogP contribution in [0.15, 0.2) is 0 Å². The second kappa shape index (κ2) is 4.05. The zero-order valence-corrected chi connectivity index (χ0v) is 8.29. The van der Waals surface area contributed by atoms with Crippen LogP contribution in [0, 0.1) is 0 Å². The Balaban J connectivity index is 2.66. The average Bonchev–Trinajstić information content (AvgIpc) is 2.46. The maximum absolute atomic E-state index is 13.0. The third-order valence-electron chi connectivity index (χ3n) is 2.42. The number of halogens is 1. The largest absolute Gasteiger partial charge is 0.468 e. The number of likely N-dealkylation sites (tertiary alicyclic amines) is 1. The van der Waals surface area contributed by atoms with E-state index < -0.39 is 6.17 Å². The summed E-state index contributed by atoms with van der Waals surface area (Å²) in [6.45, 7) is 4.25. The van der Waals surface area contributed by atoms with Crippen LogP contribution >= 0.6 is 0 Å². The molecule has 0 unspecified atom stereocenters. The van der Waals surface area contributed by atoms with Gasteiger partial charge >= 0.3 is 5.97 Å². The van der Waals surface area contributed by atoms with E-state index in [0.29, 0.717) is 6.54 Å². The van der Waals surface area contributed by atoms with Crippen molar-refractivity contribution < 1.29 is 13.9 Å². The summed E-state index contributed by atoms with van der Waals surface area (Å²) < 4.78 is 17.6. The molecule has 1 fully saturated rings. The molecule has 13 heavy (non-hydrogen) atoms. The molecule has 0 spiro atoms.